The van der Waals surface area contributed by atoms with Gasteiger partial charge in [0.2, 0.25) is 5.91 Å². The molecule has 0 spiro atoms. The number of aromatic nitrogens is 1. The summed E-state index contributed by atoms with van der Waals surface area (Å²) in [7, 11) is 0. The van der Waals surface area contributed by atoms with Gasteiger partial charge in [-0.25, -0.2) is 0 Å². The molecule has 0 radical (unpaired) electrons. The second-order valence-electron chi connectivity index (χ2n) is 6.27. The normalized spacial score (nSPS) is 19.0. The number of piperazine rings is 1. The Morgan fingerprint density at radius 1 is 1.04 bits per heavy atom. The summed E-state index contributed by atoms with van der Waals surface area (Å²) in [6, 6.07) is 7.82. The highest BCUT2D eigenvalue weighted by Crippen LogP contribution is 2.29. The molecule has 2 amide bonds. The molecule has 0 unspecified atom stereocenters. The van der Waals surface area contributed by atoms with Crippen LogP contribution in [0.15, 0.2) is 24.3 Å². The molecule has 1 aromatic carbocycles. The van der Waals surface area contributed by atoms with Crippen molar-refractivity contribution in [2.24, 2.45) is 5.92 Å². The van der Waals surface area contributed by atoms with Crippen molar-refractivity contribution in [2.45, 2.75) is 19.3 Å². The van der Waals surface area contributed by atoms with Crippen LogP contribution in [0, 0.1) is 5.92 Å². The lowest BCUT2D eigenvalue weighted by molar-refractivity contribution is -0.139. The molecule has 5 nitrogen and oxygen atoms in total. The van der Waals surface area contributed by atoms with Crippen LogP contribution < -0.4 is 0 Å². The summed E-state index contributed by atoms with van der Waals surface area (Å²) in [5.41, 5.74) is 0.546. The van der Waals surface area contributed by atoms with Crippen molar-refractivity contribution >= 4 is 33.4 Å². The number of hydrogen-bond acceptors (Lipinski definition) is 4. The predicted molar refractivity (Wildman–Crippen MR) is 89.4 cm³/mol. The monoisotopic (exact) mass is 329 g/mol. The van der Waals surface area contributed by atoms with Gasteiger partial charge in [-0.3, -0.25) is 9.59 Å². The highest BCUT2D eigenvalue weighted by atomic mass is 32.1. The molecule has 0 bridgehead atoms. The van der Waals surface area contributed by atoms with E-state index in [-0.39, 0.29) is 17.7 Å². The number of fused-ring (bicyclic) bond motifs is 1. The summed E-state index contributed by atoms with van der Waals surface area (Å²) >= 11 is 1.36. The third kappa shape index (κ3) is 2.61. The van der Waals surface area contributed by atoms with Crippen molar-refractivity contribution in [3.63, 3.8) is 0 Å². The highest BCUT2D eigenvalue weighted by Gasteiger charge is 2.32. The Morgan fingerprint density at radius 2 is 1.74 bits per heavy atom. The van der Waals surface area contributed by atoms with E-state index in [0.717, 1.165) is 22.9 Å². The van der Waals surface area contributed by atoms with E-state index in [9.17, 15) is 9.59 Å². The zero-order valence-electron chi connectivity index (χ0n) is 12.9. The Hall–Kier alpha value is -1.95. The Balaban J connectivity index is 1.43. The number of amides is 2. The SMILES string of the molecule is O=C(c1nsc2ccccc12)N1CCN(C(=O)C2CCC2)CC1. The topological polar surface area (TPSA) is 53.5 Å². The van der Waals surface area contributed by atoms with Crippen LogP contribution in [0.25, 0.3) is 10.1 Å². The maximum atomic E-state index is 12.7. The van der Waals surface area contributed by atoms with E-state index in [1.807, 2.05) is 34.1 Å². The second kappa shape index (κ2) is 5.92. The molecule has 4 rings (SSSR count). The largest absolute Gasteiger partial charge is 0.339 e. The lowest BCUT2D eigenvalue weighted by atomic mass is 9.84. The van der Waals surface area contributed by atoms with Crippen molar-refractivity contribution < 1.29 is 9.59 Å². The number of hydrogen-bond donors (Lipinski definition) is 0. The Labute approximate surface area is 139 Å². The average Bonchev–Trinajstić information content (AvgIpc) is 2.97. The molecule has 1 saturated carbocycles. The van der Waals surface area contributed by atoms with Crippen LogP contribution >= 0.6 is 11.5 Å². The third-order valence-corrected chi connectivity index (χ3v) is 5.74. The molecule has 6 heteroatoms. The molecular weight excluding hydrogens is 310 g/mol. The Bertz CT molecular complexity index is 745. The smallest absolute Gasteiger partial charge is 0.274 e. The maximum absolute atomic E-state index is 12.7. The van der Waals surface area contributed by atoms with Crippen LogP contribution in [0.4, 0.5) is 0 Å². The van der Waals surface area contributed by atoms with Crippen LogP contribution in [0.5, 0.6) is 0 Å². The third-order valence-electron chi connectivity index (χ3n) is 4.91. The zero-order chi connectivity index (χ0) is 15.8. The number of rotatable bonds is 2. The summed E-state index contributed by atoms with van der Waals surface area (Å²) in [6.07, 6.45) is 3.23. The zero-order valence-corrected chi connectivity index (χ0v) is 13.7. The van der Waals surface area contributed by atoms with Gasteiger partial charge in [-0.05, 0) is 30.4 Å². The number of benzene rings is 1. The minimum atomic E-state index is -0.0156. The molecule has 0 atom stereocenters. The molecule has 2 aliphatic rings. The van der Waals surface area contributed by atoms with Gasteiger partial charge in [0.05, 0.1) is 4.70 Å². The van der Waals surface area contributed by atoms with Crippen LogP contribution in [0.2, 0.25) is 0 Å². The molecule has 1 aliphatic carbocycles. The fourth-order valence-corrected chi connectivity index (χ4v) is 4.00. The first-order valence-electron chi connectivity index (χ1n) is 8.16. The van der Waals surface area contributed by atoms with E-state index in [4.69, 9.17) is 0 Å². The summed E-state index contributed by atoms with van der Waals surface area (Å²) in [5, 5.41) is 0.926. The van der Waals surface area contributed by atoms with Crippen LogP contribution in [-0.2, 0) is 4.79 Å². The first kappa shape index (κ1) is 14.6. The molecule has 23 heavy (non-hydrogen) atoms. The van der Waals surface area contributed by atoms with Gasteiger partial charge in [-0.2, -0.15) is 4.37 Å². The summed E-state index contributed by atoms with van der Waals surface area (Å²) in [4.78, 5) is 28.7. The van der Waals surface area contributed by atoms with Crippen LogP contribution in [-0.4, -0.2) is 52.2 Å². The van der Waals surface area contributed by atoms with Gasteiger partial charge in [-0.1, -0.05) is 24.6 Å². The minimum absolute atomic E-state index is 0.0156. The van der Waals surface area contributed by atoms with Crippen LogP contribution in [0.3, 0.4) is 0 Å². The van der Waals surface area contributed by atoms with Gasteiger partial charge >= 0.3 is 0 Å². The first-order chi connectivity index (χ1) is 11.2. The summed E-state index contributed by atoms with van der Waals surface area (Å²) in [5.74, 6) is 0.500. The Kier molecular flexibility index (Phi) is 3.77. The predicted octanol–water partition coefficient (Wildman–Crippen LogP) is 2.38. The number of carbonyl (C=O) groups excluding carboxylic acids is 2. The molecule has 1 aliphatic heterocycles. The van der Waals surface area contributed by atoms with Crippen molar-refractivity contribution in [2.75, 3.05) is 26.2 Å². The first-order valence-corrected chi connectivity index (χ1v) is 8.94. The van der Waals surface area contributed by atoms with E-state index in [2.05, 4.69) is 4.37 Å². The molecule has 2 fully saturated rings. The van der Waals surface area contributed by atoms with E-state index in [1.165, 1.54) is 18.0 Å². The van der Waals surface area contributed by atoms with Gasteiger partial charge in [0, 0.05) is 37.5 Å². The highest BCUT2D eigenvalue weighted by molar-refractivity contribution is 7.13. The fourth-order valence-electron chi connectivity index (χ4n) is 3.23. The van der Waals surface area contributed by atoms with Crippen molar-refractivity contribution in [1.82, 2.24) is 14.2 Å². The Morgan fingerprint density at radius 3 is 2.43 bits per heavy atom. The van der Waals surface area contributed by atoms with E-state index in [1.54, 1.807) is 0 Å². The lowest BCUT2D eigenvalue weighted by Gasteiger charge is -2.38. The van der Waals surface area contributed by atoms with Gasteiger partial charge in [0.25, 0.3) is 5.91 Å². The standard InChI is InChI=1S/C17H19N3O2S/c21-16(12-4-3-5-12)19-8-10-20(11-9-19)17(22)15-13-6-1-2-7-14(13)23-18-15/h1-2,6-7,12H,3-5,8-11H2. The van der Waals surface area contributed by atoms with E-state index < -0.39 is 0 Å². The molecule has 1 aromatic heterocycles. The number of nitrogens with zero attached hydrogens (tertiary/aromatic N) is 3. The molecule has 120 valence electrons. The van der Waals surface area contributed by atoms with Gasteiger partial charge < -0.3 is 9.80 Å². The van der Waals surface area contributed by atoms with Crippen LogP contribution in [0.1, 0.15) is 29.8 Å². The quantitative estimate of drug-likeness (QED) is 0.850. The van der Waals surface area contributed by atoms with E-state index in [0.29, 0.717) is 31.9 Å². The second-order valence-corrected chi connectivity index (χ2v) is 7.08. The van der Waals surface area contributed by atoms with Gasteiger partial charge in [0.15, 0.2) is 0 Å². The van der Waals surface area contributed by atoms with Crippen molar-refractivity contribution in [3.05, 3.63) is 30.0 Å². The molecule has 2 aromatic rings. The molecule has 2 heterocycles. The summed E-state index contributed by atoms with van der Waals surface area (Å²) < 4.78 is 5.38. The molecule has 1 saturated heterocycles. The van der Waals surface area contributed by atoms with Gasteiger partial charge in [0.1, 0.15) is 5.69 Å². The lowest BCUT2D eigenvalue weighted by Crippen LogP contribution is -2.52. The summed E-state index contributed by atoms with van der Waals surface area (Å²) in [6.45, 7) is 2.48. The van der Waals surface area contributed by atoms with Gasteiger partial charge in [-0.15, -0.1) is 0 Å². The molecular formula is C17H19N3O2S. The van der Waals surface area contributed by atoms with E-state index >= 15 is 0 Å². The number of carbonyl (C=O) groups is 2. The van der Waals surface area contributed by atoms with Crippen molar-refractivity contribution in [3.8, 4) is 0 Å². The molecule has 0 N–H and O–H groups in total. The maximum Gasteiger partial charge on any atom is 0.274 e. The average molecular weight is 329 g/mol. The minimum Gasteiger partial charge on any atom is -0.339 e. The fraction of sp³-hybridized carbons (Fsp3) is 0.471. The van der Waals surface area contributed by atoms with Crippen molar-refractivity contribution in [1.29, 1.82) is 0 Å².